The minimum absolute atomic E-state index is 0.204. The van der Waals surface area contributed by atoms with Gasteiger partial charge >= 0.3 is 0 Å². The molecule has 1 aromatic carbocycles. The molecule has 0 fully saturated rings. The minimum atomic E-state index is 0.204. The van der Waals surface area contributed by atoms with Crippen LogP contribution >= 0.6 is 0 Å². The second-order valence-corrected chi connectivity index (χ2v) is 5.94. The lowest BCUT2D eigenvalue weighted by molar-refractivity contribution is 0.347. The molecule has 1 aromatic heterocycles. The van der Waals surface area contributed by atoms with Crippen molar-refractivity contribution in [3.8, 4) is 0 Å². The van der Waals surface area contributed by atoms with E-state index < -0.39 is 0 Å². The molecule has 4 nitrogen and oxygen atoms in total. The van der Waals surface area contributed by atoms with E-state index >= 15 is 0 Å². The number of oxazole rings is 1. The summed E-state index contributed by atoms with van der Waals surface area (Å²) >= 11 is 0. The molecule has 0 radical (unpaired) electrons. The second kappa shape index (κ2) is 5.21. The lowest BCUT2D eigenvalue weighted by Gasteiger charge is -2.31. The maximum atomic E-state index is 5.66. The number of nitrogens with two attached hydrogens (primary N) is 1. The Bertz CT molecular complexity index is 560. The molecular formula is C15H23N3O. The van der Waals surface area contributed by atoms with Gasteiger partial charge in [0.2, 0.25) is 0 Å². The quantitative estimate of drug-likeness (QED) is 0.899. The molecule has 0 aliphatic rings. The summed E-state index contributed by atoms with van der Waals surface area (Å²) in [6.45, 7) is 8.04. The van der Waals surface area contributed by atoms with Crippen LogP contribution in [0.5, 0.6) is 0 Å². The van der Waals surface area contributed by atoms with Crippen molar-refractivity contribution in [3.63, 3.8) is 0 Å². The van der Waals surface area contributed by atoms with Gasteiger partial charge in [-0.1, -0.05) is 13.8 Å². The van der Waals surface area contributed by atoms with Crippen molar-refractivity contribution in [2.24, 2.45) is 11.1 Å². The molecule has 19 heavy (non-hydrogen) atoms. The number of aryl methyl sites for hydroxylation is 1. The van der Waals surface area contributed by atoms with Crippen LogP contribution in [0.3, 0.4) is 0 Å². The molecule has 0 saturated carbocycles. The van der Waals surface area contributed by atoms with E-state index in [1.54, 1.807) is 0 Å². The van der Waals surface area contributed by atoms with Gasteiger partial charge in [0.05, 0.1) is 0 Å². The van der Waals surface area contributed by atoms with Gasteiger partial charge in [-0.3, -0.25) is 0 Å². The van der Waals surface area contributed by atoms with E-state index in [0.29, 0.717) is 5.89 Å². The Morgan fingerprint density at radius 1 is 1.37 bits per heavy atom. The summed E-state index contributed by atoms with van der Waals surface area (Å²) in [5.74, 6) is 0.707. The molecule has 0 aliphatic carbocycles. The SMILES string of the molecule is Cc1nc2ccc(N(C)CC(C)(C)CCN)cc2o1. The van der Waals surface area contributed by atoms with E-state index in [1.165, 1.54) is 0 Å². The summed E-state index contributed by atoms with van der Waals surface area (Å²) in [6, 6.07) is 6.14. The molecule has 0 spiro atoms. The van der Waals surface area contributed by atoms with E-state index in [1.807, 2.05) is 19.1 Å². The van der Waals surface area contributed by atoms with Gasteiger partial charge in [-0.2, -0.15) is 0 Å². The van der Waals surface area contributed by atoms with Crippen LogP contribution in [0, 0.1) is 12.3 Å². The van der Waals surface area contributed by atoms with Crippen molar-refractivity contribution < 1.29 is 4.42 Å². The highest BCUT2D eigenvalue weighted by molar-refractivity contribution is 5.77. The fraction of sp³-hybridized carbons (Fsp3) is 0.533. The van der Waals surface area contributed by atoms with Gasteiger partial charge in [0.25, 0.3) is 0 Å². The summed E-state index contributed by atoms with van der Waals surface area (Å²) in [4.78, 5) is 6.56. The van der Waals surface area contributed by atoms with Crippen LogP contribution < -0.4 is 10.6 Å². The van der Waals surface area contributed by atoms with Gasteiger partial charge in [-0.15, -0.1) is 0 Å². The second-order valence-electron chi connectivity index (χ2n) is 5.94. The average Bonchev–Trinajstić information content (AvgIpc) is 2.66. The number of hydrogen-bond acceptors (Lipinski definition) is 4. The number of aromatic nitrogens is 1. The topological polar surface area (TPSA) is 55.3 Å². The normalized spacial score (nSPS) is 12.1. The Hall–Kier alpha value is -1.55. The first-order valence-electron chi connectivity index (χ1n) is 6.70. The Morgan fingerprint density at radius 3 is 2.79 bits per heavy atom. The van der Waals surface area contributed by atoms with Gasteiger partial charge in [-0.05, 0) is 30.5 Å². The number of anilines is 1. The first kappa shape index (κ1) is 13.9. The van der Waals surface area contributed by atoms with Crippen LogP contribution in [0.4, 0.5) is 5.69 Å². The standard InChI is InChI=1S/C15H23N3O/c1-11-17-13-6-5-12(9-14(13)19-11)18(4)10-15(2,3)7-8-16/h5-6,9H,7-8,10,16H2,1-4H3. The van der Waals surface area contributed by atoms with Crippen molar-refractivity contribution in [3.05, 3.63) is 24.1 Å². The number of benzene rings is 1. The molecule has 0 saturated heterocycles. The predicted octanol–water partition coefficient (Wildman–Crippen LogP) is 2.95. The number of nitrogens with zero attached hydrogens (tertiary/aromatic N) is 2. The van der Waals surface area contributed by atoms with Crippen LogP contribution in [-0.4, -0.2) is 25.1 Å². The van der Waals surface area contributed by atoms with Crippen LogP contribution in [0.2, 0.25) is 0 Å². The monoisotopic (exact) mass is 261 g/mol. The fourth-order valence-corrected chi connectivity index (χ4v) is 2.47. The molecular weight excluding hydrogens is 238 g/mol. The van der Waals surface area contributed by atoms with Gasteiger partial charge in [-0.25, -0.2) is 4.98 Å². The Kier molecular flexibility index (Phi) is 3.80. The Labute approximate surface area is 114 Å². The smallest absolute Gasteiger partial charge is 0.192 e. The maximum absolute atomic E-state index is 5.66. The van der Waals surface area contributed by atoms with Crippen LogP contribution in [0.1, 0.15) is 26.2 Å². The third kappa shape index (κ3) is 3.26. The summed E-state index contributed by atoms with van der Waals surface area (Å²) in [7, 11) is 2.10. The third-order valence-corrected chi connectivity index (χ3v) is 3.41. The molecule has 0 unspecified atom stereocenters. The summed E-state index contributed by atoms with van der Waals surface area (Å²) < 4.78 is 5.58. The molecule has 104 valence electrons. The zero-order valence-electron chi connectivity index (χ0n) is 12.2. The first-order valence-corrected chi connectivity index (χ1v) is 6.70. The molecule has 0 atom stereocenters. The molecule has 2 N–H and O–H groups in total. The minimum Gasteiger partial charge on any atom is -0.441 e. The zero-order chi connectivity index (χ0) is 14.0. The molecule has 0 aliphatic heterocycles. The lowest BCUT2D eigenvalue weighted by atomic mass is 9.89. The largest absolute Gasteiger partial charge is 0.441 e. The molecule has 0 amide bonds. The number of hydrogen-bond donors (Lipinski definition) is 1. The van der Waals surface area contributed by atoms with Crippen molar-refractivity contribution in [2.45, 2.75) is 27.2 Å². The number of rotatable bonds is 5. The highest BCUT2D eigenvalue weighted by atomic mass is 16.3. The molecule has 4 heteroatoms. The van der Waals surface area contributed by atoms with E-state index in [4.69, 9.17) is 10.2 Å². The summed E-state index contributed by atoms with van der Waals surface area (Å²) in [5, 5.41) is 0. The molecule has 1 heterocycles. The lowest BCUT2D eigenvalue weighted by Crippen LogP contribution is -2.32. The van der Waals surface area contributed by atoms with Crippen molar-refractivity contribution in [1.29, 1.82) is 0 Å². The Morgan fingerprint density at radius 2 is 2.11 bits per heavy atom. The van der Waals surface area contributed by atoms with Crippen LogP contribution in [0.15, 0.2) is 22.6 Å². The van der Waals surface area contributed by atoms with Crippen molar-refractivity contribution in [1.82, 2.24) is 4.98 Å². The van der Waals surface area contributed by atoms with Gasteiger partial charge < -0.3 is 15.1 Å². The summed E-state index contributed by atoms with van der Waals surface area (Å²) in [5.41, 5.74) is 8.77. The van der Waals surface area contributed by atoms with E-state index in [2.05, 4.69) is 36.8 Å². The molecule has 2 rings (SSSR count). The van der Waals surface area contributed by atoms with E-state index in [0.717, 1.165) is 36.3 Å². The van der Waals surface area contributed by atoms with Gasteiger partial charge in [0.15, 0.2) is 11.5 Å². The highest BCUT2D eigenvalue weighted by Crippen LogP contribution is 2.26. The highest BCUT2D eigenvalue weighted by Gasteiger charge is 2.19. The van der Waals surface area contributed by atoms with Gasteiger partial charge in [0, 0.05) is 32.3 Å². The Balaban J connectivity index is 2.18. The average molecular weight is 261 g/mol. The van der Waals surface area contributed by atoms with E-state index in [9.17, 15) is 0 Å². The zero-order valence-corrected chi connectivity index (χ0v) is 12.2. The first-order chi connectivity index (χ1) is 8.91. The molecule has 2 aromatic rings. The fourth-order valence-electron chi connectivity index (χ4n) is 2.47. The summed E-state index contributed by atoms with van der Waals surface area (Å²) in [6.07, 6.45) is 1.01. The third-order valence-electron chi connectivity index (χ3n) is 3.41. The molecule has 0 bridgehead atoms. The number of fused-ring (bicyclic) bond motifs is 1. The van der Waals surface area contributed by atoms with Crippen LogP contribution in [-0.2, 0) is 0 Å². The van der Waals surface area contributed by atoms with Gasteiger partial charge in [0.1, 0.15) is 5.52 Å². The maximum Gasteiger partial charge on any atom is 0.192 e. The van der Waals surface area contributed by atoms with Crippen molar-refractivity contribution >= 4 is 16.8 Å². The van der Waals surface area contributed by atoms with Crippen LogP contribution in [0.25, 0.3) is 11.1 Å². The van der Waals surface area contributed by atoms with E-state index in [-0.39, 0.29) is 5.41 Å². The van der Waals surface area contributed by atoms with Crippen molar-refractivity contribution in [2.75, 3.05) is 25.0 Å². The predicted molar refractivity (Wildman–Crippen MR) is 79.5 cm³/mol.